The van der Waals surface area contributed by atoms with Gasteiger partial charge in [0.25, 0.3) is 5.56 Å². The zero-order valence-corrected chi connectivity index (χ0v) is 18.6. The van der Waals surface area contributed by atoms with Gasteiger partial charge in [0.15, 0.2) is 29.6 Å². The van der Waals surface area contributed by atoms with Gasteiger partial charge in [-0.2, -0.15) is 4.98 Å². The number of hydrogen-bond acceptors (Lipinski definition) is 11. The summed E-state index contributed by atoms with van der Waals surface area (Å²) < 4.78 is 23.5. The van der Waals surface area contributed by atoms with Gasteiger partial charge in [-0.15, -0.1) is 0 Å². The highest BCUT2D eigenvalue weighted by atomic mass is 16.7. The van der Waals surface area contributed by atoms with E-state index in [-0.39, 0.29) is 30.1 Å². The highest BCUT2D eigenvalue weighted by Crippen LogP contribution is 2.35. The van der Waals surface area contributed by atoms with E-state index < -0.39 is 48.0 Å². The number of rotatable bonds is 9. The SMILES string of the molecule is CCCCCC(=O)OC[C@H]1O[C@@H](n2cnc3c(=O)[nH]c(N)nc32)C(OC(C)=O)C1OC(C)=O. The largest absolute Gasteiger partial charge is 0.463 e. The maximum absolute atomic E-state index is 12.1. The first-order valence-electron chi connectivity index (χ1n) is 10.6. The number of hydrogen-bond donors (Lipinski definition) is 2. The van der Waals surface area contributed by atoms with E-state index in [2.05, 4.69) is 15.0 Å². The molecule has 0 saturated carbocycles. The number of carbonyl (C=O) groups excluding carboxylic acids is 3. The molecular weight excluding hydrogens is 438 g/mol. The molecule has 13 nitrogen and oxygen atoms in total. The Morgan fingerprint density at radius 2 is 1.88 bits per heavy atom. The van der Waals surface area contributed by atoms with Crippen LogP contribution in [0.1, 0.15) is 52.7 Å². The van der Waals surface area contributed by atoms with Crippen molar-refractivity contribution < 1.29 is 33.3 Å². The van der Waals surface area contributed by atoms with Gasteiger partial charge in [0.1, 0.15) is 12.7 Å². The molecule has 2 aromatic rings. The van der Waals surface area contributed by atoms with Crippen LogP contribution in [0.25, 0.3) is 11.2 Å². The fourth-order valence-electron chi connectivity index (χ4n) is 3.61. The maximum atomic E-state index is 12.1. The van der Waals surface area contributed by atoms with Crippen LogP contribution in [0.15, 0.2) is 11.1 Å². The summed E-state index contributed by atoms with van der Waals surface area (Å²) in [4.78, 5) is 58.3. The predicted octanol–water partition coefficient (Wildman–Crippen LogP) is 0.586. The van der Waals surface area contributed by atoms with E-state index in [0.29, 0.717) is 6.42 Å². The summed E-state index contributed by atoms with van der Waals surface area (Å²) in [6.07, 6.45) is -0.187. The highest BCUT2D eigenvalue weighted by molar-refractivity contribution is 5.71. The van der Waals surface area contributed by atoms with Crippen molar-refractivity contribution in [2.45, 2.75) is 71.0 Å². The Hall–Kier alpha value is -3.48. The van der Waals surface area contributed by atoms with Gasteiger partial charge in [-0.25, -0.2) is 4.98 Å². The third-order valence-corrected chi connectivity index (χ3v) is 5.01. The van der Waals surface area contributed by atoms with Crippen LogP contribution in [0.2, 0.25) is 0 Å². The molecule has 3 rings (SSSR count). The molecule has 0 bridgehead atoms. The minimum atomic E-state index is -1.13. The minimum Gasteiger partial charge on any atom is -0.463 e. The second-order valence-electron chi connectivity index (χ2n) is 7.63. The molecule has 1 saturated heterocycles. The number of aromatic nitrogens is 4. The Kier molecular flexibility index (Phi) is 7.63. The molecular formula is C20H27N5O8. The third kappa shape index (κ3) is 5.66. The fraction of sp³-hybridized carbons (Fsp3) is 0.600. The Morgan fingerprint density at radius 1 is 1.18 bits per heavy atom. The molecule has 0 radical (unpaired) electrons. The monoisotopic (exact) mass is 465 g/mol. The summed E-state index contributed by atoms with van der Waals surface area (Å²) in [6.45, 7) is 4.17. The van der Waals surface area contributed by atoms with E-state index in [4.69, 9.17) is 24.7 Å². The first-order valence-corrected chi connectivity index (χ1v) is 10.6. The Balaban J connectivity index is 1.91. The van der Waals surface area contributed by atoms with E-state index in [1.54, 1.807) is 0 Å². The molecule has 3 heterocycles. The number of unbranched alkanes of at least 4 members (excludes halogenated alkanes) is 2. The van der Waals surface area contributed by atoms with Crippen LogP contribution in [0.3, 0.4) is 0 Å². The van der Waals surface area contributed by atoms with Crippen LogP contribution in [0.4, 0.5) is 5.95 Å². The summed E-state index contributed by atoms with van der Waals surface area (Å²) in [7, 11) is 0. The standard InChI is InChI=1S/C20H27N5O8/c1-4-5-6-7-13(28)30-8-12-15(31-10(2)26)16(32-11(3)27)19(33-12)25-9-22-14-17(25)23-20(21)24-18(14)29/h9,12,15-16,19H,4-8H2,1-3H3,(H3,21,23,24,29)/t12-,15?,16?,19-/m1/s1. The lowest BCUT2D eigenvalue weighted by molar-refractivity contribution is -0.166. The number of nitrogen functional groups attached to an aromatic ring is 1. The van der Waals surface area contributed by atoms with Crippen LogP contribution < -0.4 is 11.3 Å². The first kappa shape index (κ1) is 24.2. The van der Waals surface area contributed by atoms with E-state index in [1.807, 2.05) is 6.92 Å². The van der Waals surface area contributed by atoms with Gasteiger partial charge in [0.05, 0.1) is 6.33 Å². The van der Waals surface area contributed by atoms with Crippen molar-refractivity contribution >= 4 is 35.0 Å². The van der Waals surface area contributed by atoms with Crippen LogP contribution in [0.5, 0.6) is 0 Å². The lowest BCUT2D eigenvalue weighted by Crippen LogP contribution is -2.40. The van der Waals surface area contributed by atoms with Crippen molar-refractivity contribution in [3.8, 4) is 0 Å². The van der Waals surface area contributed by atoms with Crippen molar-refractivity contribution in [2.24, 2.45) is 0 Å². The fourth-order valence-corrected chi connectivity index (χ4v) is 3.61. The van der Waals surface area contributed by atoms with E-state index >= 15 is 0 Å². The summed E-state index contributed by atoms with van der Waals surface area (Å²) in [5.41, 5.74) is 5.17. The number of fused-ring (bicyclic) bond motifs is 1. The van der Waals surface area contributed by atoms with Crippen molar-refractivity contribution in [1.29, 1.82) is 0 Å². The maximum Gasteiger partial charge on any atom is 0.305 e. The molecule has 0 amide bonds. The average Bonchev–Trinajstić information content (AvgIpc) is 3.28. The quantitative estimate of drug-likeness (QED) is 0.301. The summed E-state index contributed by atoms with van der Waals surface area (Å²) in [5, 5.41) is 0. The average molecular weight is 465 g/mol. The van der Waals surface area contributed by atoms with Gasteiger partial charge in [0, 0.05) is 20.3 Å². The number of carbonyl (C=O) groups is 3. The van der Waals surface area contributed by atoms with Gasteiger partial charge in [-0.05, 0) is 6.42 Å². The second kappa shape index (κ2) is 10.4. The number of nitrogens with two attached hydrogens (primary N) is 1. The van der Waals surface area contributed by atoms with Gasteiger partial charge >= 0.3 is 17.9 Å². The molecule has 2 aromatic heterocycles. The molecule has 0 aliphatic carbocycles. The van der Waals surface area contributed by atoms with E-state index in [9.17, 15) is 19.2 Å². The van der Waals surface area contributed by atoms with Crippen molar-refractivity contribution in [3.63, 3.8) is 0 Å². The third-order valence-electron chi connectivity index (χ3n) is 5.01. The van der Waals surface area contributed by atoms with Crippen molar-refractivity contribution in [1.82, 2.24) is 19.5 Å². The van der Waals surface area contributed by atoms with Crippen LogP contribution in [-0.2, 0) is 33.3 Å². The minimum absolute atomic E-state index is 0.00999. The normalized spacial score (nSPS) is 22.3. The molecule has 4 atom stereocenters. The lowest BCUT2D eigenvalue weighted by atomic mass is 10.1. The predicted molar refractivity (Wildman–Crippen MR) is 113 cm³/mol. The molecule has 33 heavy (non-hydrogen) atoms. The van der Waals surface area contributed by atoms with Crippen LogP contribution >= 0.6 is 0 Å². The van der Waals surface area contributed by atoms with Crippen LogP contribution in [-0.4, -0.2) is 62.3 Å². The number of aromatic amines is 1. The molecule has 1 fully saturated rings. The molecule has 1 aliphatic rings. The summed E-state index contributed by atoms with van der Waals surface area (Å²) in [6, 6.07) is 0. The smallest absolute Gasteiger partial charge is 0.305 e. The number of imidazole rings is 1. The number of ether oxygens (including phenoxy) is 4. The number of nitrogens with zero attached hydrogens (tertiary/aromatic N) is 3. The summed E-state index contributed by atoms with van der Waals surface area (Å²) >= 11 is 0. The van der Waals surface area contributed by atoms with Gasteiger partial charge in [-0.3, -0.25) is 28.7 Å². The Bertz CT molecular complexity index is 1080. The number of nitrogens with one attached hydrogen (secondary N) is 1. The van der Waals surface area contributed by atoms with E-state index in [0.717, 1.165) is 12.8 Å². The molecule has 180 valence electrons. The lowest BCUT2D eigenvalue weighted by Gasteiger charge is -2.23. The first-order chi connectivity index (χ1) is 15.7. The highest BCUT2D eigenvalue weighted by Gasteiger charge is 2.51. The zero-order chi connectivity index (χ0) is 24.1. The topological polar surface area (TPSA) is 178 Å². The molecule has 3 N–H and O–H groups in total. The van der Waals surface area contributed by atoms with E-state index in [1.165, 1.54) is 24.7 Å². The molecule has 13 heteroatoms. The number of H-pyrrole nitrogens is 1. The van der Waals surface area contributed by atoms with Crippen molar-refractivity contribution in [2.75, 3.05) is 12.3 Å². The summed E-state index contributed by atoms with van der Waals surface area (Å²) in [5.74, 6) is -1.87. The van der Waals surface area contributed by atoms with Gasteiger partial charge in [0.2, 0.25) is 5.95 Å². The van der Waals surface area contributed by atoms with Crippen LogP contribution in [0, 0.1) is 0 Å². The zero-order valence-electron chi connectivity index (χ0n) is 18.6. The van der Waals surface area contributed by atoms with Gasteiger partial charge < -0.3 is 24.7 Å². The molecule has 2 unspecified atom stereocenters. The number of esters is 3. The second-order valence-corrected chi connectivity index (χ2v) is 7.63. The van der Waals surface area contributed by atoms with Crippen molar-refractivity contribution in [3.05, 3.63) is 16.7 Å². The van der Waals surface area contributed by atoms with Gasteiger partial charge in [-0.1, -0.05) is 19.8 Å². The molecule has 0 spiro atoms. The Morgan fingerprint density at radius 3 is 2.55 bits per heavy atom. The Labute approximate surface area is 188 Å². The molecule has 0 aromatic carbocycles. The number of anilines is 1. The molecule has 1 aliphatic heterocycles.